The minimum Gasteiger partial charge on any atom is -0.494 e. The molecule has 0 amide bonds. The molecular weight excluding hydrogens is 380 g/mol. The van der Waals surface area contributed by atoms with Crippen molar-refractivity contribution >= 4 is 46.4 Å². The zero-order chi connectivity index (χ0) is 19.2. The Bertz CT molecular complexity index is 1030. The van der Waals surface area contributed by atoms with Crippen molar-refractivity contribution < 1.29 is 9.53 Å². The maximum Gasteiger partial charge on any atom is 0.257 e. The number of benzene rings is 2. The largest absolute Gasteiger partial charge is 0.494 e. The molecule has 136 valence electrons. The number of fused-ring (bicyclic) bond motifs is 1. The topological polar surface area (TPSA) is 44.1 Å². The summed E-state index contributed by atoms with van der Waals surface area (Å²) < 4.78 is 7.12. The highest BCUT2D eigenvalue weighted by Crippen LogP contribution is 2.27. The fourth-order valence-corrected chi connectivity index (χ4v) is 3.34. The summed E-state index contributed by atoms with van der Waals surface area (Å²) in [5.74, 6) is 3.47. The number of ether oxygens (including phenoxy) is 1. The molecule has 4 nitrogen and oxygen atoms in total. The van der Waals surface area contributed by atoms with E-state index in [1.807, 2.05) is 37.3 Å². The molecule has 0 aliphatic carbocycles. The molecule has 6 heteroatoms. The highest BCUT2D eigenvalue weighted by Gasteiger charge is 2.16. The molecule has 0 spiro atoms. The first kappa shape index (κ1) is 19.1. The Morgan fingerprint density at radius 2 is 2.11 bits per heavy atom. The first-order chi connectivity index (χ1) is 13.1. The van der Waals surface area contributed by atoms with Crippen molar-refractivity contribution in [3.05, 3.63) is 59.1 Å². The molecule has 0 atom stereocenters. The van der Waals surface area contributed by atoms with Gasteiger partial charge in [0.2, 0.25) is 0 Å². The van der Waals surface area contributed by atoms with Crippen LogP contribution in [-0.2, 0) is 0 Å². The summed E-state index contributed by atoms with van der Waals surface area (Å²) in [4.78, 5) is 17.5. The molecule has 0 unspecified atom stereocenters. The number of terminal acetylenes is 1. The number of hydrogen-bond acceptors (Lipinski definition) is 4. The predicted octanol–water partition coefficient (Wildman–Crippen LogP) is 5.17. The fraction of sp³-hybridized carbons (Fsp3) is 0.143. The van der Waals surface area contributed by atoms with Gasteiger partial charge in [-0.3, -0.25) is 9.36 Å². The van der Waals surface area contributed by atoms with Crippen LogP contribution < -0.4 is 4.74 Å². The van der Waals surface area contributed by atoms with E-state index in [1.165, 1.54) is 17.8 Å². The average Bonchev–Trinajstić information content (AvgIpc) is 3.03. The lowest BCUT2D eigenvalue weighted by atomic mass is 10.2. The van der Waals surface area contributed by atoms with Crippen molar-refractivity contribution in [3.63, 3.8) is 0 Å². The van der Waals surface area contributed by atoms with Crippen LogP contribution in [0.5, 0.6) is 5.75 Å². The van der Waals surface area contributed by atoms with E-state index in [0.717, 1.165) is 5.56 Å². The Balaban J connectivity index is 2.00. The van der Waals surface area contributed by atoms with Crippen LogP contribution in [0.3, 0.4) is 0 Å². The van der Waals surface area contributed by atoms with E-state index in [0.29, 0.717) is 39.3 Å². The molecule has 0 N–H and O–H groups in total. The van der Waals surface area contributed by atoms with Crippen LogP contribution >= 0.6 is 23.4 Å². The van der Waals surface area contributed by atoms with Crippen LogP contribution in [0, 0.1) is 12.3 Å². The number of allylic oxidation sites excluding steroid dienone is 1. The SMILES string of the molecule is C#CCSc1nc2ccc(OCC)cc2n1C(=O)/C=C/c1ccc(Cl)cc1. The molecule has 3 rings (SSSR count). The smallest absolute Gasteiger partial charge is 0.257 e. The minimum atomic E-state index is -0.208. The average molecular weight is 397 g/mol. The summed E-state index contributed by atoms with van der Waals surface area (Å²) in [6.45, 7) is 2.46. The van der Waals surface area contributed by atoms with E-state index < -0.39 is 0 Å². The summed E-state index contributed by atoms with van der Waals surface area (Å²) in [7, 11) is 0. The van der Waals surface area contributed by atoms with Crippen LogP contribution in [0.25, 0.3) is 17.1 Å². The third-order valence-corrected chi connectivity index (χ3v) is 4.79. The molecular formula is C21H17ClN2O2S. The Labute approximate surface area is 167 Å². The summed E-state index contributed by atoms with van der Waals surface area (Å²) in [5, 5.41) is 1.21. The summed E-state index contributed by atoms with van der Waals surface area (Å²) in [6.07, 6.45) is 8.62. The van der Waals surface area contributed by atoms with Crippen LogP contribution in [0.1, 0.15) is 17.3 Å². The third kappa shape index (κ3) is 4.54. The monoisotopic (exact) mass is 396 g/mol. The van der Waals surface area contributed by atoms with Gasteiger partial charge in [-0.15, -0.1) is 6.42 Å². The van der Waals surface area contributed by atoms with Gasteiger partial charge in [0.05, 0.1) is 23.4 Å². The molecule has 0 aliphatic rings. The van der Waals surface area contributed by atoms with Gasteiger partial charge in [-0.2, -0.15) is 0 Å². The van der Waals surface area contributed by atoms with Gasteiger partial charge in [-0.25, -0.2) is 4.98 Å². The van der Waals surface area contributed by atoms with Gasteiger partial charge in [0.25, 0.3) is 5.91 Å². The van der Waals surface area contributed by atoms with Gasteiger partial charge >= 0.3 is 0 Å². The zero-order valence-electron chi connectivity index (χ0n) is 14.7. The Morgan fingerprint density at radius 1 is 1.33 bits per heavy atom. The van der Waals surface area contributed by atoms with E-state index in [-0.39, 0.29) is 5.91 Å². The highest BCUT2D eigenvalue weighted by atomic mass is 35.5. The highest BCUT2D eigenvalue weighted by molar-refractivity contribution is 7.99. The number of halogens is 1. The lowest BCUT2D eigenvalue weighted by Crippen LogP contribution is -2.09. The minimum absolute atomic E-state index is 0.208. The van der Waals surface area contributed by atoms with Crippen molar-refractivity contribution in [2.24, 2.45) is 0 Å². The van der Waals surface area contributed by atoms with Crippen molar-refractivity contribution in [1.29, 1.82) is 0 Å². The molecule has 0 fully saturated rings. The van der Waals surface area contributed by atoms with Crippen LogP contribution in [0.2, 0.25) is 5.02 Å². The van der Waals surface area contributed by atoms with Gasteiger partial charge in [-0.1, -0.05) is 41.4 Å². The van der Waals surface area contributed by atoms with Crippen LogP contribution in [0.4, 0.5) is 0 Å². The molecule has 27 heavy (non-hydrogen) atoms. The van der Waals surface area contributed by atoms with E-state index in [4.69, 9.17) is 22.8 Å². The number of carbonyl (C=O) groups is 1. The van der Waals surface area contributed by atoms with Gasteiger partial charge in [0, 0.05) is 17.2 Å². The number of thioether (sulfide) groups is 1. The molecule has 2 aromatic carbocycles. The standard InChI is InChI=1S/C21H17ClN2O2S/c1-3-13-27-21-23-18-11-10-17(26-4-2)14-19(18)24(21)20(25)12-7-15-5-8-16(22)9-6-15/h1,5-12,14H,4,13H2,2H3/b12-7+. The number of carbonyl (C=O) groups excluding carboxylic acids is 1. The molecule has 0 saturated heterocycles. The maximum absolute atomic E-state index is 12.9. The van der Waals surface area contributed by atoms with Crippen molar-refractivity contribution in [1.82, 2.24) is 9.55 Å². The molecule has 0 radical (unpaired) electrons. The zero-order valence-corrected chi connectivity index (χ0v) is 16.3. The quantitative estimate of drug-likeness (QED) is 0.327. The lowest BCUT2D eigenvalue weighted by molar-refractivity contribution is 0.0965. The second-order valence-corrected chi connectivity index (χ2v) is 6.91. The summed E-state index contributed by atoms with van der Waals surface area (Å²) in [5.41, 5.74) is 2.28. The van der Waals surface area contributed by atoms with E-state index >= 15 is 0 Å². The number of rotatable bonds is 6. The molecule has 0 saturated carbocycles. The van der Waals surface area contributed by atoms with Gasteiger partial charge in [0.15, 0.2) is 5.16 Å². The van der Waals surface area contributed by atoms with Crippen molar-refractivity contribution in [3.8, 4) is 18.1 Å². The number of aromatic nitrogens is 2. The molecule has 0 aliphatic heterocycles. The Hall–Kier alpha value is -2.68. The maximum atomic E-state index is 12.9. The lowest BCUT2D eigenvalue weighted by Gasteiger charge is -2.06. The molecule has 1 aromatic heterocycles. The number of imidazole rings is 1. The van der Waals surface area contributed by atoms with Gasteiger partial charge < -0.3 is 4.74 Å². The first-order valence-electron chi connectivity index (χ1n) is 8.32. The van der Waals surface area contributed by atoms with Crippen molar-refractivity contribution in [2.75, 3.05) is 12.4 Å². The van der Waals surface area contributed by atoms with Crippen molar-refractivity contribution in [2.45, 2.75) is 12.1 Å². The molecule has 1 heterocycles. The van der Waals surface area contributed by atoms with E-state index in [1.54, 1.807) is 22.8 Å². The van der Waals surface area contributed by atoms with Crippen LogP contribution in [0.15, 0.2) is 53.7 Å². The molecule has 0 bridgehead atoms. The second kappa shape index (κ2) is 8.81. The van der Waals surface area contributed by atoms with Crippen LogP contribution in [-0.4, -0.2) is 27.8 Å². The first-order valence-corrected chi connectivity index (χ1v) is 9.68. The third-order valence-electron chi connectivity index (χ3n) is 3.70. The number of nitrogens with zero attached hydrogens (tertiary/aromatic N) is 2. The second-order valence-electron chi connectivity index (χ2n) is 5.53. The fourth-order valence-electron chi connectivity index (χ4n) is 2.52. The van der Waals surface area contributed by atoms with E-state index in [9.17, 15) is 4.79 Å². The van der Waals surface area contributed by atoms with Gasteiger partial charge in [0.1, 0.15) is 5.75 Å². The summed E-state index contributed by atoms with van der Waals surface area (Å²) in [6, 6.07) is 12.7. The summed E-state index contributed by atoms with van der Waals surface area (Å²) >= 11 is 7.24. The Morgan fingerprint density at radius 3 is 2.81 bits per heavy atom. The number of hydrogen-bond donors (Lipinski definition) is 0. The van der Waals surface area contributed by atoms with Gasteiger partial charge in [-0.05, 0) is 42.8 Å². The molecule has 3 aromatic rings. The predicted molar refractivity (Wildman–Crippen MR) is 112 cm³/mol. The normalized spacial score (nSPS) is 11.0. The Kier molecular flexibility index (Phi) is 6.23. The van der Waals surface area contributed by atoms with E-state index in [2.05, 4.69) is 10.9 Å².